The van der Waals surface area contributed by atoms with E-state index in [2.05, 4.69) is 15.3 Å². The van der Waals surface area contributed by atoms with E-state index in [1.807, 2.05) is 13.8 Å². The molecule has 1 aromatic heterocycles. The Morgan fingerprint density at radius 1 is 1.41 bits per heavy atom. The summed E-state index contributed by atoms with van der Waals surface area (Å²) in [5, 5.41) is 11.3. The van der Waals surface area contributed by atoms with Gasteiger partial charge >= 0.3 is 5.97 Å². The molecule has 1 rings (SSSR count). The smallest absolute Gasteiger partial charge is 0.354 e. The lowest BCUT2D eigenvalue weighted by Gasteiger charge is -2.06. The first kappa shape index (κ1) is 13.1. The van der Waals surface area contributed by atoms with Crippen LogP contribution in [0.4, 0.5) is 5.95 Å². The number of carboxylic acids is 1. The van der Waals surface area contributed by atoms with E-state index in [0.29, 0.717) is 12.1 Å². The summed E-state index contributed by atoms with van der Waals surface area (Å²) in [6, 6.07) is 1.35. The van der Waals surface area contributed by atoms with Gasteiger partial charge in [0.1, 0.15) is 0 Å². The predicted molar refractivity (Wildman–Crippen MR) is 61.8 cm³/mol. The Labute approximate surface area is 99.1 Å². The summed E-state index contributed by atoms with van der Waals surface area (Å²) in [6.07, 6.45) is 0.347. The van der Waals surface area contributed by atoms with Crippen molar-refractivity contribution in [2.45, 2.75) is 27.2 Å². The molecule has 0 aliphatic rings. The van der Waals surface area contributed by atoms with Gasteiger partial charge < -0.3 is 5.11 Å². The first-order valence-electron chi connectivity index (χ1n) is 5.27. The number of carbonyl (C=O) groups is 2. The van der Waals surface area contributed by atoms with Crippen LogP contribution in [0.3, 0.4) is 0 Å². The Morgan fingerprint density at radius 3 is 2.59 bits per heavy atom. The van der Waals surface area contributed by atoms with Crippen molar-refractivity contribution >= 4 is 17.8 Å². The van der Waals surface area contributed by atoms with E-state index < -0.39 is 5.97 Å². The molecule has 1 heterocycles. The van der Waals surface area contributed by atoms with Gasteiger partial charge in [0.2, 0.25) is 11.9 Å². The molecule has 0 saturated carbocycles. The molecule has 0 aromatic carbocycles. The fraction of sp³-hybridized carbons (Fsp3) is 0.455. The van der Waals surface area contributed by atoms with E-state index in [9.17, 15) is 9.59 Å². The topological polar surface area (TPSA) is 92.2 Å². The molecule has 0 aliphatic carbocycles. The summed E-state index contributed by atoms with van der Waals surface area (Å²) in [6.45, 7) is 5.48. The number of amides is 1. The normalized spacial score (nSPS) is 10.4. The largest absolute Gasteiger partial charge is 0.477 e. The third-order valence-corrected chi connectivity index (χ3v) is 1.92. The van der Waals surface area contributed by atoms with E-state index in [-0.39, 0.29) is 23.5 Å². The number of anilines is 1. The zero-order chi connectivity index (χ0) is 13.0. The third-order valence-electron chi connectivity index (χ3n) is 1.92. The van der Waals surface area contributed by atoms with Gasteiger partial charge in [0.25, 0.3) is 0 Å². The minimum Gasteiger partial charge on any atom is -0.477 e. The molecule has 0 fully saturated rings. The van der Waals surface area contributed by atoms with Crippen molar-refractivity contribution in [2.24, 2.45) is 5.92 Å². The van der Waals surface area contributed by atoms with Gasteiger partial charge in [-0.1, -0.05) is 13.8 Å². The predicted octanol–water partition coefficient (Wildman–Crippen LogP) is 1.47. The average molecular weight is 237 g/mol. The second kappa shape index (κ2) is 5.38. The molecule has 92 valence electrons. The van der Waals surface area contributed by atoms with Crippen molar-refractivity contribution in [1.82, 2.24) is 9.97 Å². The van der Waals surface area contributed by atoms with Crippen LogP contribution in [-0.2, 0) is 4.79 Å². The van der Waals surface area contributed by atoms with Crippen molar-refractivity contribution in [3.8, 4) is 0 Å². The molecule has 2 N–H and O–H groups in total. The molecule has 6 heteroatoms. The summed E-state index contributed by atoms with van der Waals surface area (Å²) in [5.41, 5.74) is 0.370. The highest BCUT2D eigenvalue weighted by molar-refractivity contribution is 5.90. The second-order valence-corrected chi connectivity index (χ2v) is 4.17. The van der Waals surface area contributed by atoms with Gasteiger partial charge in [0.15, 0.2) is 5.69 Å². The fourth-order valence-electron chi connectivity index (χ4n) is 1.28. The molecule has 17 heavy (non-hydrogen) atoms. The monoisotopic (exact) mass is 237 g/mol. The molecule has 1 aromatic rings. The van der Waals surface area contributed by atoms with Crippen LogP contribution < -0.4 is 5.32 Å². The Kier molecular flexibility index (Phi) is 4.14. The van der Waals surface area contributed by atoms with Gasteiger partial charge in [-0.2, -0.15) is 0 Å². The van der Waals surface area contributed by atoms with Crippen LogP contribution in [0.15, 0.2) is 6.07 Å². The summed E-state index contributed by atoms with van der Waals surface area (Å²) in [7, 11) is 0. The van der Waals surface area contributed by atoms with Gasteiger partial charge in [0, 0.05) is 12.1 Å². The molecule has 0 unspecified atom stereocenters. The average Bonchev–Trinajstić information content (AvgIpc) is 2.14. The van der Waals surface area contributed by atoms with E-state index in [0.717, 1.165) is 0 Å². The molecule has 0 atom stereocenters. The lowest BCUT2D eigenvalue weighted by atomic mass is 10.1. The highest BCUT2D eigenvalue weighted by Crippen LogP contribution is 2.07. The molecular formula is C11H15N3O3. The van der Waals surface area contributed by atoms with E-state index in [1.165, 1.54) is 6.07 Å². The number of aromatic nitrogens is 2. The number of carboxylic acid groups (broad SMARTS) is 1. The number of hydrogen-bond donors (Lipinski definition) is 2. The number of hydrogen-bond acceptors (Lipinski definition) is 4. The molecule has 0 saturated heterocycles. The number of nitrogens with one attached hydrogen (secondary N) is 1. The molecule has 0 aliphatic heterocycles. The minimum atomic E-state index is -1.14. The van der Waals surface area contributed by atoms with Gasteiger partial charge in [0.05, 0.1) is 0 Å². The van der Waals surface area contributed by atoms with Gasteiger partial charge in [-0.25, -0.2) is 14.8 Å². The molecule has 0 radical (unpaired) electrons. The maximum atomic E-state index is 11.5. The summed E-state index contributed by atoms with van der Waals surface area (Å²) in [4.78, 5) is 29.9. The highest BCUT2D eigenvalue weighted by Gasteiger charge is 2.11. The van der Waals surface area contributed by atoms with Crippen LogP contribution >= 0.6 is 0 Å². The summed E-state index contributed by atoms with van der Waals surface area (Å²) in [5.74, 6) is -1.11. The molecule has 1 amide bonds. The van der Waals surface area contributed by atoms with Crippen LogP contribution in [0.5, 0.6) is 0 Å². The van der Waals surface area contributed by atoms with Crippen LogP contribution in [0.25, 0.3) is 0 Å². The second-order valence-electron chi connectivity index (χ2n) is 4.17. The zero-order valence-electron chi connectivity index (χ0n) is 10.0. The number of aromatic carboxylic acids is 1. The Morgan fingerprint density at radius 2 is 2.06 bits per heavy atom. The number of aryl methyl sites for hydroxylation is 1. The standard InChI is InChI=1S/C11H15N3O3/c1-6(2)4-9(15)14-11-12-7(3)5-8(13-11)10(16)17/h5-6H,4H2,1-3H3,(H,16,17)(H,12,13,14,15). The summed E-state index contributed by atoms with van der Waals surface area (Å²) < 4.78 is 0. The van der Waals surface area contributed by atoms with Crippen LogP contribution in [0.1, 0.15) is 36.5 Å². The van der Waals surface area contributed by atoms with Crippen molar-refractivity contribution in [3.05, 3.63) is 17.5 Å². The molecular weight excluding hydrogens is 222 g/mol. The Hall–Kier alpha value is -1.98. The van der Waals surface area contributed by atoms with E-state index in [1.54, 1.807) is 6.92 Å². The van der Waals surface area contributed by atoms with Crippen LogP contribution in [0, 0.1) is 12.8 Å². The number of carbonyl (C=O) groups excluding carboxylic acids is 1. The van der Waals surface area contributed by atoms with E-state index >= 15 is 0 Å². The zero-order valence-corrected chi connectivity index (χ0v) is 10.0. The molecule has 0 bridgehead atoms. The van der Waals surface area contributed by atoms with E-state index in [4.69, 9.17) is 5.11 Å². The van der Waals surface area contributed by atoms with Crippen LogP contribution in [-0.4, -0.2) is 27.0 Å². The highest BCUT2D eigenvalue weighted by atomic mass is 16.4. The quantitative estimate of drug-likeness (QED) is 0.827. The molecule has 0 spiro atoms. The Bertz CT molecular complexity index is 444. The van der Waals surface area contributed by atoms with Crippen LogP contribution in [0.2, 0.25) is 0 Å². The maximum Gasteiger partial charge on any atom is 0.354 e. The molecule has 6 nitrogen and oxygen atoms in total. The lowest BCUT2D eigenvalue weighted by Crippen LogP contribution is -2.17. The van der Waals surface area contributed by atoms with Gasteiger partial charge in [-0.05, 0) is 18.9 Å². The minimum absolute atomic E-state index is 0.0352. The first-order valence-corrected chi connectivity index (χ1v) is 5.27. The SMILES string of the molecule is Cc1cc(C(=O)O)nc(NC(=O)CC(C)C)n1. The van der Waals surface area contributed by atoms with Crippen molar-refractivity contribution in [2.75, 3.05) is 5.32 Å². The first-order chi connectivity index (χ1) is 7.88. The Balaban J connectivity index is 2.84. The number of nitrogens with zero attached hydrogens (tertiary/aromatic N) is 2. The van der Waals surface area contributed by atoms with Crippen molar-refractivity contribution in [1.29, 1.82) is 0 Å². The van der Waals surface area contributed by atoms with Crippen molar-refractivity contribution in [3.63, 3.8) is 0 Å². The summed E-state index contributed by atoms with van der Waals surface area (Å²) >= 11 is 0. The third kappa shape index (κ3) is 4.18. The van der Waals surface area contributed by atoms with Crippen molar-refractivity contribution < 1.29 is 14.7 Å². The fourth-order valence-corrected chi connectivity index (χ4v) is 1.28. The van der Waals surface area contributed by atoms with Gasteiger partial charge in [-0.3, -0.25) is 10.1 Å². The maximum absolute atomic E-state index is 11.5. The number of rotatable bonds is 4. The van der Waals surface area contributed by atoms with Gasteiger partial charge in [-0.15, -0.1) is 0 Å². The lowest BCUT2D eigenvalue weighted by molar-refractivity contribution is -0.116.